The molecule has 0 saturated heterocycles. The zero-order chi connectivity index (χ0) is 10.3. The standard InChI is InChI=1S/C7H14N2O4/c1-5(2)6(8)7(10)12-3-4-13-9-11/h5-6H,3-4,8H2,1-2H3. The van der Waals surface area contributed by atoms with Crippen LogP contribution >= 0.6 is 0 Å². The molecular formula is C7H14N2O4. The SMILES string of the molecule is CC(C)C(N)C(=O)OCCON=O. The summed E-state index contributed by atoms with van der Waals surface area (Å²) in [5.41, 5.74) is 5.47. The maximum atomic E-state index is 11.0. The van der Waals surface area contributed by atoms with E-state index >= 15 is 0 Å². The van der Waals surface area contributed by atoms with Gasteiger partial charge in [0.15, 0.2) is 11.9 Å². The number of nitrogens with zero attached hydrogens (tertiary/aromatic N) is 1. The highest BCUT2D eigenvalue weighted by Gasteiger charge is 2.18. The molecule has 6 nitrogen and oxygen atoms in total. The second-order valence-electron chi connectivity index (χ2n) is 2.85. The van der Waals surface area contributed by atoms with E-state index in [1.807, 2.05) is 13.8 Å². The van der Waals surface area contributed by atoms with Gasteiger partial charge < -0.3 is 15.3 Å². The van der Waals surface area contributed by atoms with Crippen LogP contribution in [0.15, 0.2) is 5.34 Å². The number of nitrogens with two attached hydrogens (primary N) is 1. The molecule has 0 saturated carbocycles. The first kappa shape index (κ1) is 11.8. The van der Waals surface area contributed by atoms with Crippen LogP contribution in [-0.2, 0) is 14.4 Å². The molecule has 0 aromatic rings. The van der Waals surface area contributed by atoms with Crippen molar-refractivity contribution >= 4 is 5.97 Å². The minimum atomic E-state index is -0.635. The lowest BCUT2D eigenvalue weighted by atomic mass is 10.1. The summed E-state index contributed by atoms with van der Waals surface area (Å²) in [5.74, 6) is -0.470. The van der Waals surface area contributed by atoms with Crippen molar-refractivity contribution in [3.05, 3.63) is 4.91 Å². The highest BCUT2D eigenvalue weighted by molar-refractivity contribution is 5.75. The minimum Gasteiger partial charge on any atom is -0.461 e. The molecule has 0 radical (unpaired) electrons. The summed E-state index contributed by atoms with van der Waals surface area (Å²) in [6.07, 6.45) is 0. The van der Waals surface area contributed by atoms with Crippen molar-refractivity contribution in [2.45, 2.75) is 19.9 Å². The van der Waals surface area contributed by atoms with Crippen LogP contribution in [0, 0.1) is 10.8 Å². The van der Waals surface area contributed by atoms with E-state index in [1.54, 1.807) is 0 Å². The number of hydrogen-bond acceptors (Lipinski definition) is 6. The first-order valence-electron chi connectivity index (χ1n) is 3.96. The fourth-order valence-electron chi connectivity index (χ4n) is 0.585. The Kier molecular flexibility index (Phi) is 5.79. The van der Waals surface area contributed by atoms with Gasteiger partial charge in [0.1, 0.15) is 12.6 Å². The molecule has 1 atom stereocenters. The summed E-state index contributed by atoms with van der Waals surface area (Å²) in [6, 6.07) is -0.635. The van der Waals surface area contributed by atoms with Gasteiger partial charge in [-0.3, -0.25) is 4.79 Å². The number of carbonyl (C=O) groups is 1. The molecule has 0 amide bonds. The molecule has 0 heterocycles. The van der Waals surface area contributed by atoms with E-state index in [1.165, 1.54) is 0 Å². The summed E-state index contributed by atoms with van der Waals surface area (Å²) in [5, 5.41) is 2.14. The predicted molar refractivity (Wildman–Crippen MR) is 45.5 cm³/mol. The maximum absolute atomic E-state index is 11.0. The molecular weight excluding hydrogens is 176 g/mol. The van der Waals surface area contributed by atoms with Crippen molar-refractivity contribution in [3.8, 4) is 0 Å². The largest absolute Gasteiger partial charge is 0.461 e. The van der Waals surface area contributed by atoms with E-state index in [9.17, 15) is 9.70 Å². The van der Waals surface area contributed by atoms with Crippen LogP contribution in [0.5, 0.6) is 0 Å². The predicted octanol–water partition coefficient (Wildman–Crippen LogP) is 0.211. The van der Waals surface area contributed by atoms with Crippen molar-refractivity contribution in [2.24, 2.45) is 17.0 Å². The number of carbonyl (C=O) groups excluding carboxylic acids is 1. The van der Waals surface area contributed by atoms with E-state index in [0.29, 0.717) is 0 Å². The summed E-state index contributed by atoms with van der Waals surface area (Å²) in [4.78, 5) is 24.6. The van der Waals surface area contributed by atoms with Crippen LogP contribution in [0.4, 0.5) is 0 Å². The van der Waals surface area contributed by atoms with E-state index in [4.69, 9.17) is 5.73 Å². The van der Waals surface area contributed by atoms with E-state index in [0.717, 1.165) is 0 Å². The van der Waals surface area contributed by atoms with Crippen LogP contribution < -0.4 is 5.73 Å². The van der Waals surface area contributed by atoms with Gasteiger partial charge in [-0.2, -0.15) is 0 Å². The third-order valence-corrected chi connectivity index (χ3v) is 1.46. The number of hydrogen-bond donors (Lipinski definition) is 1. The molecule has 6 heteroatoms. The molecule has 0 aliphatic heterocycles. The number of esters is 1. The molecule has 0 bridgehead atoms. The summed E-state index contributed by atoms with van der Waals surface area (Å²) in [7, 11) is 0. The van der Waals surface area contributed by atoms with Crippen molar-refractivity contribution in [1.82, 2.24) is 0 Å². The second-order valence-corrected chi connectivity index (χ2v) is 2.85. The van der Waals surface area contributed by atoms with Gasteiger partial charge in [-0.1, -0.05) is 13.8 Å². The topological polar surface area (TPSA) is 91.0 Å². The molecule has 76 valence electrons. The van der Waals surface area contributed by atoms with Crippen LogP contribution in [-0.4, -0.2) is 25.2 Å². The Labute approximate surface area is 76.3 Å². The van der Waals surface area contributed by atoms with Crippen LogP contribution in [0.1, 0.15) is 13.8 Å². The van der Waals surface area contributed by atoms with Crippen LogP contribution in [0.25, 0.3) is 0 Å². The van der Waals surface area contributed by atoms with Crippen LogP contribution in [0.3, 0.4) is 0 Å². The Bertz CT molecular complexity index is 172. The molecule has 0 aromatic heterocycles. The van der Waals surface area contributed by atoms with E-state index in [2.05, 4.69) is 14.9 Å². The quantitative estimate of drug-likeness (QED) is 0.280. The second kappa shape index (κ2) is 6.36. The van der Waals surface area contributed by atoms with Gasteiger partial charge in [-0.25, -0.2) is 0 Å². The average Bonchev–Trinajstić information content (AvgIpc) is 2.10. The molecule has 0 aliphatic carbocycles. The maximum Gasteiger partial charge on any atom is 0.323 e. The lowest BCUT2D eigenvalue weighted by Crippen LogP contribution is -2.37. The Hall–Kier alpha value is -1.17. The van der Waals surface area contributed by atoms with Gasteiger partial charge in [-0.05, 0) is 5.92 Å². The van der Waals surface area contributed by atoms with Crippen molar-refractivity contribution in [2.75, 3.05) is 13.2 Å². The lowest BCUT2D eigenvalue weighted by Gasteiger charge is -2.13. The third-order valence-electron chi connectivity index (χ3n) is 1.46. The Morgan fingerprint density at radius 1 is 1.46 bits per heavy atom. The fourth-order valence-corrected chi connectivity index (χ4v) is 0.585. The molecule has 1 unspecified atom stereocenters. The number of ether oxygens (including phenoxy) is 1. The Morgan fingerprint density at radius 2 is 2.08 bits per heavy atom. The zero-order valence-corrected chi connectivity index (χ0v) is 7.73. The molecule has 0 aromatic carbocycles. The van der Waals surface area contributed by atoms with E-state index < -0.39 is 12.0 Å². The highest BCUT2D eigenvalue weighted by atomic mass is 16.7. The molecule has 0 fully saturated rings. The first-order chi connectivity index (χ1) is 6.09. The van der Waals surface area contributed by atoms with Crippen molar-refractivity contribution in [1.29, 1.82) is 0 Å². The van der Waals surface area contributed by atoms with Crippen molar-refractivity contribution in [3.63, 3.8) is 0 Å². The van der Waals surface area contributed by atoms with Gasteiger partial charge in [0.05, 0.1) is 0 Å². The third kappa shape index (κ3) is 5.13. The van der Waals surface area contributed by atoms with Crippen molar-refractivity contribution < 1.29 is 14.4 Å². The van der Waals surface area contributed by atoms with Gasteiger partial charge >= 0.3 is 5.97 Å². The fraction of sp³-hybridized carbons (Fsp3) is 0.857. The monoisotopic (exact) mass is 190 g/mol. The highest BCUT2D eigenvalue weighted by Crippen LogP contribution is 2.00. The lowest BCUT2D eigenvalue weighted by molar-refractivity contribution is -0.147. The summed E-state index contributed by atoms with van der Waals surface area (Å²) >= 11 is 0. The Morgan fingerprint density at radius 3 is 2.54 bits per heavy atom. The zero-order valence-electron chi connectivity index (χ0n) is 7.73. The van der Waals surface area contributed by atoms with Gasteiger partial charge in [0, 0.05) is 0 Å². The minimum absolute atomic E-state index is 0.00894. The average molecular weight is 190 g/mol. The summed E-state index contributed by atoms with van der Waals surface area (Å²) in [6.45, 7) is 3.58. The van der Waals surface area contributed by atoms with Crippen LogP contribution in [0.2, 0.25) is 0 Å². The molecule has 2 N–H and O–H groups in total. The van der Waals surface area contributed by atoms with Gasteiger partial charge in [0.25, 0.3) is 0 Å². The smallest absolute Gasteiger partial charge is 0.323 e. The van der Waals surface area contributed by atoms with Gasteiger partial charge in [-0.15, -0.1) is 4.91 Å². The summed E-state index contributed by atoms with van der Waals surface area (Å²) < 4.78 is 4.68. The van der Waals surface area contributed by atoms with Gasteiger partial charge in [0.2, 0.25) is 0 Å². The number of rotatable bonds is 6. The first-order valence-corrected chi connectivity index (χ1v) is 3.96. The molecule has 0 spiro atoms. The Balaban J connectivity index is 3.56. The molecule has 0 rings (SSSR count). The normalized spacial score (nSPS) is 12.3. The van der Waals surface area contributed by atoms with E-state index in [-0.39, 0.29) is 19.1 Å². The molecule has 0 aliphatic rings. The molecule has 13 heavy (non-hydrogen) atoms.